The van der Waals surface area contributed by atoms with Gasteiger partial charge in [-0.25, -0.2) is 0 Å². The molecule has 4 rings (SSSR count). The molecule has 0 fully saturated rings. The number of aromatic nitrogens is 4. The predicted octanol–water partition coefficient (Wildman–Crippen LogP) is 4.38. The van der Waals surface area contributed by atoms with Gasteiger partial charge in [0.25, 0.3) is 0 Å². The van der Waals surface area contributed by atoms with Gasteiger partial charge in [-0.05, 0) is 0 Å². The van der Waals surface area contributed by atoms with Gasteiger partial charge in [0, 0.05) is 0 Å². The predicted molar refractivity (Wildman–Crippen MR) is 110 cm³/mol. The summed E-state index contributed by atoms with van der Waals surface area (Å²) in [4.78, 5) is 6.38. The van der Waals surface area contributed by atoms with Gasteiger partial charge >= 0.3 is 171 Å². The minimum atomic E-state index is -4.46. The Morgan fingerprint density at radius 2 is 2.00 bits per heavy atom. The number of nitrogens with zero attached hydrogens (tertiary/aromatic N) is 5. The third-order valence-corrected chi connectivity index (χ3v) is 8.10. The van der Waals surface area contributed by atoms with E-state index in [1.54, 1.807) is 0 Å². The van der Waals surface area contributed by atoms with Crippen LogP contribution in [-0.4, -0.2) is 47.4 Å². The van der Waals surface area contributed by atoms with Crippen LogP contribution in [0.15, 0.2) is 24.3 Å². The molecule has 11 heteroatoms. The zero-order valence-corrected chi connectivity index (χ0v) is 18.0. The first-order valence-electron chi connectivity index (χ1n) is 8.15. The van der Waals surface area contributed by atoms with Crippen molar-refractivity contribution in [3.63, 3.8) is 0 Å². The van der Waals surface area contributed by atoms with E-state index in [2.05, 4.69) is 25.2 Å². The van der Waals surface area contributed by atoms with Gasteiger partial charge in [0.1, 0.15) is 0 Å². The Balaban J connectivity index is 1.89. The summed E-state index contributed by atoms with van der Waals surface area (Å²) in [5.74, 6) is 0.637. The number of hydrogen-bond acceptors (Lipinski definition) is 5. The Hall–Kier alpha value is -1.82. The summed E-state index contributed by atoms with van der Waals surface area (Å²) in [6.45, 7) is 0.705. The number of benzene rings is 1. The second-order valence-electron chi connectivity index (χ2n) is 6.53. The number of anilines is 1. The fraction of sp³-hybridized carbons (Fsp3) is 0.353. The second-order valence-corrected chi connectivity index (χ2v) is 12.9. The topological polar surface area (TPSA) is 55.5 Å². The van der Waals surface area contributed by atoms with E-state index >= 15 is 0 Å². The average Bonchev–Trinajstić information content (AvgIpc) is 3.04. The summed E-state index contributed by atoms with van der Waals surface area (Å²) >= 11 is 5.08. The number of halogens is 5. The van der Waals surface area contributed by atoms with Gasteiger partial charge < -0.3 is 0 Å². The van der Waals surface area contributed by atoms with Crippen molar-refractivity contribution in [1.82, 2.24) is 19.8 Å². The van der Waals surface area contributed by atoms with E-state index in [4.69, 9.17) is 16.3 Å². The van der Waals surface area contributed by atoms with E-state index in [9.17, 15) is 13.2 Å². The van der Waals surface area contributed by atoms with Crippen LogP contribution >= 0.6 is 31.4 Å². The first kappa shape index (κ1) is 19.5. The quantitative estimate of drug-likeness (QED) is 0.367. The zero-order chi connectivity index (χ0) is 20.2. The van der Waals surface area contributed by atoms with E-state index in [-0.39, 0.29) is 20.7 Å². The Bertz CT molecular complexity index is 1060. The molecule has 1 aliphatic heterocycles. The number of ether oxygens (including phenoxy) is 1. The molecule has 0 bridgehead atoms. The Morgan fingerprint density at radius 3 is 2.68 bits per heavy atom. The third-order valence-electron chi connectivity index (χ3n) is 4.42. The molecule has 28 heavy (non-hydrogen) atoms. The van der Waals surface area contributed by atoms with Crippen LogP contribution in [0.3, 0.4) is 0 Å². The molecule has 1 aliphatic rings. The van der Waals surface area contributed by atoms with Crippen molar-refractivity contribution in [1.29, 1.82) is 0 Å². The van der Waals surface area contributed by atoms with Crippen LogP contribution in [0, 0.1) is 0 Å². The number of fused-ring (bicyclic) bond motifs is 3. The standard InChI is InChI=1S/C17H16ClF3IN5O/c1-22(2)11-8-26(3)12-13(28-11)16-24-23-15(27(16)25-14(12)18)9-5-4-6-10(7-9)17(19,20)21/h4-7,11H,8H2,1-3H3. The zero-order valence-electron chi connectivity index (χ0n) is 15.1. The van der Waals surface area contributed by atoms with Crippen molar-refractivity contribution in [2.75, 3.05) is 28.4 Å². The molecule has 0 spiro atoms. The summed E-state index contributed by atoms with van der Waals surface area (Å²) < 4.78 is 46.8. The van der Waals surface area contributed by atoms with Crippen molar-refractivity contribution in [3.8, 4) is 17.1 Å². The minimum absolute atomic E-state index is 0.0673. The third kappa shape index (κ3) is 3.25. The SMILES string of the molecule is CN1CC(I(C)C)Oc2c1c(Cl)nn1c(-c3cccc(C(F)(F)F)c3)nnc21. The molecule has 3 heterocycles. The van der Waals surface area contributed by atoms with E-state index in [0.717, 1.165) is 12.1 Å². The number of hydrogen-bond donors (Lipinski definition) is 0. The molecule has 0 N–H and O–H groups in total. The van der Waals surface area contributed by atoms with Crippen molar-refractivity contribution >= 4 is 42.8 Å². The number of alkyl halides is 6. The number of rotatable bonds is 2. The molecule has 3 aromatic rings. The fourth-order valence-corrected chi connectivity index (χ4v) is 5.45. The van der Waals surface area contributed by atoms with Crippen LogP contribution in [0.4, 0.5) is 18.9 Å². The summed E-state index contributed by atoms with van der Waals surface area (Å²) in [5, 5.41) is 12.7. The molecule has 1 aromatic carbocycles. The van der Waals surface area contributed by atoms with Gasteiger partial charge in [-0.15, -0.1) is 0 Å². The molecule has 0 saturated heterocycles. The first-order valence-corrected chi connectivity index (χ1v) is 14.1. The average molecular weight is 526 g/mol. The molecule has 0 aliphatic carbocycles. The van der Waals surface area contributed by atoms with Crippen LogP contribution < -0.4 is 9.64 Å². The van der Waals surface area contributed by atoms with Crippen LogP contribution in [0.2, 0.25) is 5.15 Å². The van der Waals surface area contributed by atoms with Crippen LogP contribution in [0.5, 0.6) is 5.75 Å². The van der Waals surface area contributed by atoms with E-state index in [1.807, 2.05) is 11.9 Å². The molecule has 150 valence electrons. The summed E-state index contributed by atoms with van der Waals surface area (Å²) in [6, 6.07) is 4.87. The summed E-state index contributed by atoms with van der Waals surface area (Å²) in [5.41, 5.74) is 0.423. The van der Waals surface area contributed by atoms with Gasteiger partial charge in [-0.3, -0.25) is 0 Å². The Labute approximate surface area is 171 Å². The molecule has 0 radical (unpaired) electrons. The molecule has 1 unspecified atom stereocenters. The van der Waals surface area contributed by atoms with Crippen molar-refractivity contribution in [2.24, 2.45) is 0 Å². The van der Waals surface area contributed by atoms with Gasteiger partial charge in [-0.1, -0.05) is 0 Å². The molecule has 0 amide bonds. The molecule has 1 atom stereocenters. The van der Waals surface area contributed by atoms with Gasteiger partial charge in [0.15, 0.2) is 0 Å². The van der Waals surface area contributed by atoms with Crippen LogP contribution in [-0.2, 0) is 6.18 Å². The maximum absolute atomic E-state index is 13.1. The number of likely N-dealkylation sites (N-methyl/N-ethyl adjacent to an activating group) is 1. The Morgan fingerprint density at radius 1 is 1.25 bits per heavy atom. The summed E-state index contributed by atoms with van der Waals surface area (Å²) in [7, 11) is 1.90. The fourth-order valence-electron chi connectivity index (χ4n) is 3.00. The first-order chi connectivity index (χ1) is 13.2. The molecular weight excluding hydrogens is 510 g/mol. The molecular formula is C17H16ClF3IN5O. The van der Waals surface area contributed by atoms with E-state index < -0.39 is 31.6 Å². The van der Waals surface area contributed by atoms with Gasteiger partial charge in [0.05, 0.1) is 0 Å². The molecule has 0 saturated carbocycles. The van der Waals surface area contributed by atoms with Crippen molar-refractivity contribution < 1.29 is 17.9 Å². The van der Waals surface area contributed by atoms with E-state index in [0.29, 0.717) is 23.6 Å². The Kier molecular flexibility index (Phi) is 4.81. The normalized spacial score (nSPS) is 17.5. The summed E-state index contributed by atoms with van der Waals surface area (Å²) in [6.07, 6.45) is -4.46. The second kappa shape index (κ2) is 6.90. The van der Waals surface area contributed by atoms with E-state index in [1.165, 1.54) is 16.6 Å². The van der Waals surface area contributed by atoms with Crippen molar-refractivity contribution in [3.05, 3.63) is 35.0 Å². The van der Waals surface area contributed by atoms with Crippen molar-refractivity contribution in [2.45, 2.75) is 10.3 Å². The molecule has 2 aromatic heterocycles. The van der Waals surface area contributed by atoms with Crippen LogP contribution in [0.1, 0.15) is 5.56 Å². The van der Waals surface area contributed by atoms with Gasteiger partial charge in [-0.2, -0.15) is 0 Å². The maximum atomic E-state index is 13.1. The molecule has 6 nitrogen and oxygen atoms in total. The monoisotopic (exact) mass is 525 g/mol. The van der Waals surface area contributed by atoms with Gasteiger partial charge in [0.2, 0.25) is 0 Å². The van der Waals surface area contributed by atoms with Crippen LogP contribution in [0.25, 0.3) is 17.0 Å².